The van der Waals surface area contributed by atoms with Gasteiger partial charge in [-0.1, -0.05) is 17.7 Å². The maximum absolute atomic E-state index is 12.0. The Morgan fingerprint density at radius 1 is 1.55 bits per heavy atom. The summed E-state index contributed by atoms with van der Waals surface area (Å²) in [6, 6.07) is 0.305. The number of rotatable bonds is 5. The van der Waals surface area contributed by atoms with Crippen molar-refractivity contribution in [3.63, 3.8) is 0 Å². The van der Waals surface area contributed by atoms with Crippen LogP contribution in [0.4, 0.5) is 0 Å². The van der Waals surface area contributed by atoms with Crippen LogP contribution in [0.5, 0.6) is 6.01 Å². The zero-order chi connectivity index (χ0) is 14.4. The number of nitrogens with zero attached hydrogens (tertiary/aromatic N) is 3. The Bertz CT molecular complexity index is 464. The molecule has 1 saturated heterocycles. The van der Waals surface area contributed by atoms with Crippen LogP contribution < -0.4 is 4.74 Å². The van der Waals surface area contributed by atoms with Crippen LogP contribution in [0.1, 0.15) is 25.7 Å². The fourth-order valence-electron chi connectivity index (χ4n) is 2.15. The average molecular weight is 296 g/mol. The Hall–Kier alpha value is -1.62. The van der Waals surface area contributed by atoms with Gasteiger partial charge in [-0.05, 0) is 19.3 Å². The molecule has 5 nitrogen and oxygen atoms in total. The van der Waals surface area contributed by atoms with Crippen molar-refractivity contribution in [3.8, 4) is 6.01 Å². The first-order valence-corrected chi connectivity index (χ1v) is 7.09. The molecule has 1 amide bonds. The lowest BCUT2D eigenvalue weighted by molar-refractivity contribution is -0.133. The fourth-order valence-corrected chi connectivity index (χ4v) is 2.25. The number of allylic oxidation sites excluding steroid dienone is 1. The first-order valence-electron chi connectivity index (χ1n) is 6.72. The van der Waals surface area contributed by atoms with Crippen molar-refractivity contribution in [3.05, 3.63) is 30.1 Å². The van der Waals surface area contributed by atoms with Gasteiger partial charge in [0.2, 0.25) is 5.91 Å². The zero-order valence-corrected chi connectivity index (χ0v) is 12.1. The molecular weight excluding hydrogens is 278 g/mol. The van der Waals surface area contributed by atoms with Gasteiger partial charge in [0.25, 0.3) is 0 Å². The molecule has 108 valence electrons. The number of carbonyl (C=O) groups is 1. The van der Waals surface area contributed by atoms with Gasteiger partial charge in [-0.25, -0.2) is 9.97 Å². The quantitative estimate of drug-likeness (QED) is 0.783. The molecule has 2 heterocycles. The van der Waals surface area contributed by atoms with Crippen LogP contribution in [0.15, 0.2) is 25.0 Å². The summed E-state index contributed by atoms with van der Waals surface area (Å²) < 4.78 is 5.70. The first-order chi connectivity index (χ1) is 9.69. The van der Waals surface area contributed by atoms with Crippen LogP contribution in [-0.4, -0.2) is 40.0 Å². The van der Waals surface area contributed by atoms with Crippen molar-refractivity contribution in [1.29, 1.82) is 0 Å². The summed E-state index contributed by atoms with van der Waals surface area (Å²) in [7, 11) is 0. The average Bonchev–Trinajstić information content (AvgIpc) is 2.47. The minimum Gasteiger partial charge on any atom is -0.458 e. The smallest absolute Gasteiger partial charge is 0.316 e. The van der Waals surface area contributed by atoms with Crippen LogP contribution >= 0.6 is 11.6 Å². The molecular formula is C14H18ClN3O2. The first kappa shape index (κ1) is 14.8. The summed E-state index contributed by atoms with van der Waals surface area (Å²) in [6.45, 7) is 5.01. The highest BCUT2D eigenvalue weighted by Gasteiger charge is 2.24. The van der Waals surface area contributed by atoms with Gasteiger partial charge in [-0.2, -0.15) is 0 Å². The Morgan fingerprint density at radius 3 is 3.00 bits per heavy atom. The van der Waals surface area contributed by atoms with E-state index in [-0.39, 0.29) is 12.0 Å². The third kappa shape index (κ3) is 4.20. The maximum atomic E-state index is 12.0. The molecule has 1 fully saturated rings. The van der Waals surface area contributed by atoms with E-state index in [1.165, 1.54) is 12.4 Å². The molecule has 6 heteroatoms. The number of hydrogen-bond donors (Lipinski definition) is 0. The third-order valence-electron chi connectivity index (χ3n) is 3.16. The second-order valence-corrected chi connectivity index (χ2v) is 5.17. The van der Waals surface area contributed by atoms with E-state index in [2.05, 4.69) is 16.5 Å². The maximum Gasteiger partial charge on any atom is 0.316 e. The van der Waals surface area contributed by atoms with Crippen molar-refractivity contribution in [2.24, 2.45) is 0 Å². The second-order valence-electron chi connectivity index (χ2n) is 4.73. The van der Waals surface area contributed by atoms with Crippen LogP contribution in [0.2, 0.25) is 5.02 Å². The Labute approximate surface area is 123 Å². The van der Waals surface area contributed by atoms with Crippen molar-refractivity contribution in [2.45, 2.75) is 31.8 Å². The highest BCUT2D eigenvalue weighted by atomic mass is 35.5. The monoisotopic (exact) mass is 295 g/mol. The van der Waals surface area contributed by atoms with Crippen LogP contribution in [0.25, 0.3) is 0 Å². The minimum absolute atomic E-state index is 0.0578. The molecule has 0 aliphatic carbocycles. The van der Waals surface area contributed by atoms with E-state index in [0.717, 1.165) is 19.4 Å². The molecule has 0 spiro atoms. The molecule has 1 aromatic rings. The van der Waals surface area contributed by atoms with Gasteiger partial charge < -0.3 is 9.64 Å². The van der Waals surface area contributed by atoms with Gasteiger partial charge in [0, 0.05) is 13.0 Å². The summed E-state index contributed by atoms with van der Waals surface area (Å²) in [5, 5.41) is 0.474. The molecule has 0 aromatic carbocycles. The van der Waals surface area contributed by atoms with Gasteiger partial charge in [0.1, 0.15) is 6.10 Å². The topological polar surface area (TPSA) is 55.3 Å². The van der Waals surface area contributed by atoms with Gasteiger partial charge in [-0.15, -0.1) is 6.58 Å². The number of hydrogen-bond acceptors (Lipinski definition) is 4. The highest BCUT2D eigenvalue weighted by molar-refractivity contribution is 6.30. The predicted molar refractivity (Wildman–Crippen MR) is 76.7 cm³/mol. The lowest BCUT2D eigenvalue weighted by atomic mass is 10.1. The summed E-state index contributed by atoms with van der Waals surface area (Å²) >= 11 is 5.73. The standard InChI is InChI=1S/C14H18ClN3O2/c1-2-3-6-13(19)18-7-4-5-12(10-18)20-14-16-8-11(15)9-17-14/h2,8-9,12H,1,3-7,10H2/t12-/m1/s1. The van der Waals surface area contributed by atoms with E-state index in [1.807, 2.05) is 4.90 Å². The van der Waals surface area contributed by atoms with Gasteiger partial charge in [0.05, 0.1) is 24.0 Å². The molecule has 1 aromatic heterocycles. The Balaban J connectivity index is 1.88. The van der Waals surface area contributed by atoms with Crippen molar-refractivity contribution in [2.75, 3.05) is 13.1 Å². The number of carbonyl (C=O) groups excluding carboxylic acids is 1. The summed E-state index contributed by atoms with van der Waals surface area (Å²) in [5.74, 6) is 0.148. The summed E-state index contributed by atoms with van der Waals surface area (Å²) in [6.07, 6.45) is 7.75. The molecule has 0 N–H and O–H groups in total. The van der Waals surface area contributed by atoms with E-state index < -0.39 is 0 Å². The van der Waals surface area contributed by atoms with Gasteiger partial charge >= 0.3 is 6.01 Å². The van der Waals surface area contributed by atoms with E-state index in [4.69, 9.17) is 16.3 Å². The number of amides is 1. The van der Waals surface area contributed by atoms with Gasteiger partial charge in [-0.3, -0.25) is 4.79 Å². The Kier molecular flexibility index (Phi) is 5.35. The molecule has 20 heavy (non-hydrogen) atoms. The van der Waals surface area contributed by atoms with Crippen LogP contribution in [-0.2, 0) is 4.79 Å². The Morgan fingerprint density at radius 2 is 2.30 bits per heavy atom. The number of halogens is 1. The van der Waals surface area contributed by atoms with Gasteiger partial charge in [0.15, 0.2) is 0 Å². The lowest BCUT2D eigenvalue weighted by Gasteiger charge is -2.32. The summed E-state index contributed by atoms with van der Waals surface area (Å²) in [4.78, 5) is 21.8. The molecule has 0 saturated carbocycles. The molecule has 1 aliphatic heterocycles. The SMILES string of the molecule is C=CCCC(=O)N1CCC[C@@H](Oc2ncc(Cl)cn2)C1. The number of ether oxygens (including phenoxy) is 1. The van der Waals surface area contributed by atoms with Crippen LogP contribution in [0, 0.1) is 0 Å². The van der Waals surface area contributed by atoms with Crippen molar-refractivity contribution < 1.29 is 9.53 Å². The minimum atomic E-state index is -0.0578. The van der Waals surface area contributed by atoms with E-state index in [0.29, 0.717) is 30.4 Å². The second kappa shape index (κ2) is 7.24. The van der Waals surface area contributed by atoms with Crippen molar-refractivity contribution in [1.82, 2.24) is 14.9 Å². The normalized spacial score (nSPS) is 18.6. The molecule has 1 aliphatic rings. The van der Waals surface area contributed by atoms with Crippen molar-refractivity contribution >= 4 is 17.5 Å². The molecule has 0 radical (unpaired) electrons. The molecule has 0 unspecified atom stereocenters. The third-order valence-corrected chi connectivity index (χ3v) is 3.36. The van der Waals surface area contributed by atoms with E-state index in [9.17, 15) is 4.79 Å². The van der Waals surface area contributed by atoms with E-state index >= 15 is 0 Å². The fraction of sp³-hybridized carbons (Fsp3) is 0.500. The highest BCUT2D eigenvalue weighted by Crippen LogP contribution is 2.17. The molecule has 2 rings (SSSR count). The zero-order valence-electron chi connectivity index (χ0n) is 11.3. The predicted octanol–water partition coefficient (Wildman–Crippen LogP) is 2.47. The molecule has 1 atom stereocenters. The number of likely N-dealkylation sites (tertiary alicyclic amines) is 1. The largest absolute Gasteiger partial charge is 0.458 e. The molecule has 0 bridgehead atoms. The number of aromatic nitrogens is 2. The summed E-state index contributed by atoms with van der Waals surface area (Å²) in [5.41, 5.74) is 0. The van der Waals surface area contributed by atoms with Crippen LogP contribution in [0.3, 0.4) is 0 Å². The van der Waals surface area contributed by atoms with E-state index in [1.54, 1.807) is 6.08 Å². The lowest BCUT2D eigenvalue weighted by Crippen LogP contribution is -2.44. The number of piperidine rings is 1.